The fourth-order valence-corrected chi connectivity index (χ4v) is 3.32. The van der Waals surface area contributed by atoms with E-state index in [0.717, 1.165) is 0 Å². The van der Waals surface area contributed by atoms with Crippen LogP contribution in [0.15, 0.2) is 18.3 Å². The number of hydrogen-bond donors (Lipinski definition) is 2. The van der Waals surface area contributed by atoms with E-state index in [1.807, 2.05) is 0 Å². The van der Waals surface area contributed by atoms with Gasteiger partial charge in [-0.05, 0) is 31.4 Å². The Morgan fingerprint density at radius 2 is 1.90 bits per heavy atom. The lowest BCUT2D eigenvalue weighted by molar-refractivity contribution is -0.136. The summed E-state index contributed by atoms with van der Waals surface area (Å²) in [7, 11) is 1.43. The summed E-state index contributed by atoms with van der Waals surface area (Å²) < 4.78 is 10.8. The van der Waals surface area contributed by atoms with Gasteiger partial charge in [0.1, 0.15) is 18.3 Å². The fraction of sp³-hybridized carbons (Fsp3) is 0.700. The van der Waals surface area contributed by atoms with E-state index in [9.17, 15) is 19.8 Å². The Kier molecular flexibility index (Phi) is 10.1. The Morgan fingerprint density at radius 1 is 1.17 bits per heavy atom. The van der Waals surface area contributed by atoms with Crippen molar-refractivity contribution in [2.75, 3.05) is 46.5 Å². The van der Waals surface area contributed by atoms with Crippen LogP contribution < -0.4 is 0 Å². The minimum atomic E-state index is -1.18. The summed E-state index contributed by atoms with van der Waals surface area (Å²) >= 11 is 0. The predicted molar refractivity (Wildman–Crippen MR) is 108 cm³/mol. The van der Waals surface area contributed by atoms with Crippen molar-refractivity contribution in [1.82, 2.24) is 20.0 Å². The number of hydrogen-bond acceptors (Lipinski definition) is 8. The smallest absolute Gasteiger partial charge is 0.274 e. The molecule has 0 aromatic carbocycles. The molecule has 30 heavy (non-hydrogen) atoms. The zero-order valence-corrected chi connectivity index (χ0v) is 17.6. The monoisotopic (exact) mass is 424 g/mol. The first-order chi connectivity index (χ1) is 14.4. The van der Waals surface area contributed by atoms with Gasteiger partial charge in [0.25, 0.3) is 5.91 Å². The molecule has 10 heteroatoms. The van der Waals surface area contributed by atoms with E-state index in [1.165, 1.54) is 20.2 Å². The van der Waals surface area contributed by atoms with Crippen molar-refractivity contribution in [3.63, 3.8) is 0 Å². The van der Waals surface area contributed by atoms with Crippen LogP contribution >= 0.6 is 0 Å². The first kappa shape index (κ1) is 24.1. The molecule has 1 fully saturated rings. The van der Waals surface area contributed by atoms with Crippen LogP contribution in [0.2, 0.25) is 0 Å². The lowest BCUT2D eigenvalue weighted by Crippen LogP contribution is -2.48. The van der Waals surface area contributed by atoms with Crippen LogP contribution in [0.25, 0.3) is 0 Å². The summed E-state index contributed by atoms with van der Waals surface area (Å²) in [6.07, 6.45) is 0.411. The molecule has 1 saturated heterocycles. The molecule has 2 N–H and O–H groups in total. The Labute approximate surface area is 176 Å². The van der Waals surface area contributed by atoms with Crippen LogP contribution in [0, 0.1) is 0 Å². The molecular formula is C20H32N4O6. The maximum atomic E-state index is 12.8. The summed E-state index contributed by atoms with van der Waals surface area (Å²) in [5.74, 6) is -0.380. The van der Waals surface area contributed by atoms with Crippen LogP contribution in [0.1, 0.15) is 36.7 Å². The molecule has 10 nitrogen and oxygen atoms in total. The number of carbonyl (C=O) groups is 2. The first-order valence-corrected chi connectivity index (χ1v) is 10.2. The minimum Gasteiger partial charge on any atom is -0.388 e. The minimum absolute atomic E-state index is 0.0383. The van der Waals surface area contributed by atoms with Crippen LogP contribution in [-0.2, 0) is 14.3 Å². The second-order valence-electron chi connectivity index (χ2n) is 7.33. The number of nitrogens with zero attached hydrogens (tertiary/aromatic N) is 4. The van der Waals surface area contributed by atoms with E-state index in [0.29, 0.717) is 45.5 Å². The van der Waals surface area contributed by atoms with E-state index >= 15 is 0 Å². The molecule has 1 aromatic heterocycles. The van der Waals surface area contributed by atoms with Gasteiger partial charge in [0.05, 0.1) is 6.61 Å². The van der Waals surface area contributed by atoms with Gasteiger partial charge in [-0.25, -0.2) is 0 Å². The van der Waals surface area contributed by atoms with E-state index in [4.69, 9.17) is 9.47 Å². The van der Waals surface area contributed by atoms with E-state index in [-0.39, 0.29) is 30.7 Å². The molecule has 0 saturated carbocycles. The van der Waals surface area contributed by atoms with E-state index in [1.54, 1.807) is 21.9 Å². The highest BCUT2D eigenvalue weighted by atomic mass is 16.5. The summed E-state index contributed by atoms with van der Waals surface area (Å²) in [5, 5.41) is 28.2. The molecule has 0 bridgehead atoms. The summed E-state index contributed by atoms with van der Waals surface area (Å²) in [4.78, 5) is 28.2. The topological polar surface area (TPSA) is 125 Å². The quantitative estimate of drug-likeness (QED) is 0.663. The number of amides is 2. The molecule has 0 aliphatic carbocycles. The van der Waals surface area contributed by atoms with Crippen LogP contribution in [-0.4, -0.2) is 107 Å². The molecule has 3 atom stereocenters. The molecule has 168 valence electrons. The predicted octanol–water partition coefficient (Wildman–Crippen LogP) is -0.295. The average Bonchev–Trinajstić information content (AvgIpc) is 2.76. The molecule has 1 aromatic rings. The number of methoxy groups -OCH3 is 1. The van der Waals surface area contributed by atoms with Gasteiger partial charge in [-0.15, -0.1) is 5.10 Å². The molecule has 1 aliphatic rings. The number of rotatable bonds is 2. The fourth-order valence-electron chi connectivity index (χ4n) is 3.32. The van der Waals surface area contributed by atoms with Gasteiger partial charge in [0, 0.05) is 53.0 Å². The molecule has 2 heterocycles. The Hall–Kier alpha value is -2.14. The SMILES string of the molecule is CO[C@H]1CN(C(C)=O)CCCN(C(=O)c2cccnn2)CCCCOC[C@H](O)[C@@H]1O. The third-order valence-corrected chi connectivity index (χ3v) is 5.11. The lowest BCUT2D eigenvalue weighted by atomic mass is 10.1. The largest absolute Gasteiger partial charge is 0.388 e. The normalized spacial score (nSPS) is 25.3. The molecular weight excluding hydrogens is 392 g/mol. The summed E-state index contributed by atoms with van der Waals surface area (Å²) in [5.41, 5.74) is 0.279. The van der Waals surface area contributed by atoms with Crippen molar-refractivity contribution in [1.29, 1.82) is 0 Å². The zero-order chi connectivity index (χ0) is 21.9. The zero-order valence-electron chi connectivity index (χ0n) is 17.6. The van der Waals surface area contributed by atoms with Gasteiger partial charge in [-0.2, -0.15) is 5.10 Å². The van der Waals surface area contributed by atoms with Gasteiger partial charge in [0.15, 0.2) is 5.69 Å². The second kappa shape index (κ2) is 12.5. The van der Waals surface area contributed by atoms with Crippen molar-refractivity contribution >= 4 is 11.8 Å². The highest BCUT2D eigenvalue weighted by molar-refractivity contribution is 5.92. The highest BCUT2D eigenvalue weighted by Crippen LogP contribution is 2.11. The number of aliphatic hydroxyl groups is 2. The van der Waals surface area contributed by atoms with Crippen molar-refractivity contribution in [3.05, 3.63) is 24.0 Å². The number of aromatic nitrogens is 2. The number of ether oxygens (including phenoxy) is 2. The third-order valence-electron chi connectivity index (χ3n) is 5.11. The Balaban J connectivity index is 2.11. The van der Waals surface area contributed by atoms with Gasteiger partial charge in [-0.1, -0.05) is 0 Å². The number of carbonyl (C=O) groups excluding carboxylic acids is 2. The van der Waals surface area contributed by atoms with Gasteiger partial charge < -0.3 is 29.5 Å². The Bertz CT molecular complexity index is 662. The van der Waals surface area contributed by atoms with Crippen LogP contribution in [0.3, 0.4) is 0 Å². The van der Waals surface area contributed by atoms with Gasteiger partial charge in [0.2, 0.25) is 5.91 Å². The molecule has 2 amide bonds. The van der Waals surface area contributed by atoms with E-state index < -0.39 is 18.3 Å². The maximum Gasteiger partial charge on any atom is 0.274 e. The van der Waals surface area contributed by atoms with Gasteiger partial charge >= 0.3 is 0 Å². The third kappa shape index (κ3) is 7.28. The lowest BCUT2D eigenvalue weighted by Gasteiger charge is -2.31. The molecule has 2 rings (SSSR count). The second-order valence-corrected chi connectivity index (χ2v) is 7.33. The van der Waals surface area contributed by atoms with Crippen LogP contribution in [0.4, 0.5) is 0 Å². The molecule has 0 radical (unpaired) electrons. The van der Waals surface area contributed by atoms with Crippen LogP contribution in [0.5, 0.6) is 0 Å². The molecule has 0 unspecified atom stereocenters. The van der Waals surface area contributed by atoms with Crippen molar-refractivity contribution in [2.45, 2.75) is 44.5 Å². The highest BCUT2D eigenvalue weighted by Gasteiger charge is 2.29. The summed E-state index contributed by atoms with van der Waals surface area (Å²) in [6, 6.07) is 3.29. The number of aliphatic hydroxyl groups excluding tert-OH is 2. The van der Waals surface area contributed by atoms with Crippen molar-refractivity contribution in [2.24, 2.45) is 0 Å². The van der Waals surface area contributed by atoms with E-state index in [2.05, 4.69) is 10.2 Å². The summed E-state index contributed by atoms with van der Waals surface area (Å²) in [6.45, 7) is 3.28. The maximum absolute atomic E-state index is 12.8. The van der Waals surface area contributed by atoms with Crippen molar-refractivity contribution in [3.8, 4) is 0 Å². The van der Waals surface area contributed by atoms with Gasteiger partial charge in [-0.3, -0.25) is 9.59 Å². The molecule has 1 aliphatic heterocycles. The Morgan fingerprint density at radius 3 is 2.57 bits per heavy atom. The van der Waals surface area contributed by atoms with Crippen molar-refractivity contribution < 1.29 is 29.3 Å². The standard InChI is InChI=1S/C20H32N4O6/c1-15(25)24-11-6-10-23(20(28)16-7-5-8-21-22-16)9-3-4-12-30-14-17(26)19(27)18(13-24)29-2/h5,7-8,17-19,26-27H,3-4,6,9-14H2,1-2H3/t17-,18-,19-/m0/s1. The first-order valence-electron chi connectivity index (χ1n) is 10.2. The molecule has 0 spiro atoms. The average molecular weight is 424 g/mol.